The van der Waals surface area contributed by atoms with Crippen LogP contribution in [0.5, 0.6) is 0 Å². The molecule has 0 radical (unpaired) electrons. The van der Waals surface area contributed by atoms with E-state index in [1.807, 2.05) is 35.2 Å². The number of likely N-dealkylation sites (tertiary alicyclic amines) is 1. The van der Waals surface area contributed by atoms with Crippen LogP contribution in [0.4, 0.5) is 0 Å². The van der Waals surface area contributed by atoms with Gasteiger partial charge in [-0.25, -0.2) is 4.79 Å². The molecule has 2 atom stereocenters. The van der Waals surface area contributed by atoms with Gasteiger partial charge in [0.25, 0.3) is 5.91 Å². The zero-order valence-electron chi connectivity index (χ0n) is 13.5. The van der Waals surface area contributed by atoms with Crippen LogP contribution in [-0.4, -0.2) is 36.5 Å². The Morgan fingerprint density at radius 1 is 1.22 bits per heavy atom. The van der Waals surface area contributed by atoms with Gasteiger partial charge in [0.2, 0.25) is 0 Å². The molecule has 122 valence electrons. The summed E-state index contributed by atoms with van der Waals surface area (Å²) in [5.41, 5.74) is 0. The van der Waals surface area contributed by atoms with E-state index in [0.29, 0.717) is 16.7 Å². The van der Waals surface area contributed by atoms with Gasteiger partial charge in [0.15, 0.2) is 6.61 Å². The summed E-state index contributed by atoms with van der Waals surface area (Å²) < 4.78 is 6.27. The van der Waals surface area contributed by atoms with Gasteiger partial charge in [-0.1, -0.05) is 32.0 Å². The molecule has 0 aliphatic carbocycles. The third-order valence-electron chi connectivity index (χ3n) is 4.18. The smallest absolute Gasteiger partial charge is 0.348 e. The molecule has 2 aromatic rings. The highest BCUT2D eigenvalue weighted by atomic mass is 32.1. The van der Waals surface area contributed by atoms with Gasteiger partial charge in [-0.05, 0) is 35.8 Å². The van der Waals surface area contributed by atoms with Gasteiger partial charge in [-0.3, -0.25) is 4.79 Å². The predicted octanol–water partition coefficient (Wildman–Crippen LogP) is 3.56. The maximum atomic E-state index is 12.2. The average molecular weight is 331 g/mol. The second-order valence-corrected chi connectivity index (χ2v) is 7.55. The largest absolute Gasteiger partial charge is 0.451 e. The molecule has 1 fully saturated rings. The van der Waals surface area contributed by atoms with Crippen LogP contribution in [0.2, 0.25) is 0 Å². The zero-order chi connectivity index (χ0) is 16.4. The lowest BCUT2D eigenvalue weighted by molar-refractivity contribution is -0.137. The number of carbonyl (C=O) groups is 2. The monoisotopic (exact) mass is 331 g/mol. The maximum Gasteiger partial charge on any atom is 0.348 e. The fourth-order valence-corrected chi connectivity index (χ4v) is 4.20. The number of nitrogens with zero attached hydrogens (tertiary/aromatic N) is 1. The molecule has 0 N–H and O–H groups in total. The number of rotatable bonds is 3. The topological polar surface area (TPSA) is 46.6 Å². The normalized spacial score (nSPS) is 21.4. The van der Waals surface area contributed by atoms with Crippen LogP contribution in [0.1, 0.15) is 29.9 Å². The molecule has 1 amide bonds. The Morgan fingerprint density at radius 3 is 2.61 bits per heavy atom. The fourth-order valence-electron chi connectivity index (χ4n) is 3.24. The standard InChI is InChI=1S/C18H21NO3S/c1-12-7-13(2)10-19(9-12)17(20)11-22-18(21)16-8-14-5-3-4-6-15(14)23-16/h3-6,8,12-13H,7,9-11H2,1-2H3/t12-,13-/m1/s1. The van der Waals surface area contributed by atoms with Gasteiger partial charge >= 0.3 is 5.97 Å². The van der Waals surface area contributed by atoms with E-state index in [1.54, 1.807) is 0 Å². The number of thiophene rings is 1. The third kappa shape index (κ3) is 3.72. The lowest BCUT2D eigenvalue weighted by atomic mass is 9.92. The van der Waals surface area contributed by atoms with Crippen LogP contribution >= 0.6 is 11.3 Å². The van der Waals surface area contributed by atoms with E-state index < -0.39 is 5.97 Å². The summed E-state index contributed by atoms with van der Waals surface area (Å²) in [6.45, 7) is 5.64. The average Bonchev–Trinajstić information content (AvgIpc) is 2.95. The summed E-state index contributed by atoms with van der Waals surface area (Å²) in [6, 6.07) is 9.63. The van der Waals surface area contributed by atoms with Crippen LogP contribution in [0, 0.1) is 11.8 Å². The molecule has 0 spiro atoms. The van der Waals surface area contributed by atoms with E-state index in [4.69, 9.17) is 4.74 Å². The van der Waals surface area contributed by atoms with Gasteiger partial charge in [-0.2, -0.15) is 0 Å². The summed E-state index contributed by atoms with van der Waals surface area (Å²) in [5.74, 6) is 0.484. The first-order valence-corrected chi connectivity index (χ1v) is 8.78. The van der Waals surface area contributed by atoms with Crippen LogP contribution in [0.3, 0.4) is 0 Å². The van der Waals surface area contributed by atoms with Gasteiger partial charge in [0.1, 0.15) is 4.88 Å². The lowest BCUT2D eigenvalue weighted by Crippen LogP contribution is -2.44. The number of carbonyl (C=O) groups excluding carboxylic acids is 2. The van der Waals surface area contributed by atoms with Crippen LogP contribution in [-0.2, 0) is 9.53 Å². The highest BCUT2D eigenvalue weighted by Gasteiger charge is 2.26. The summed E-state index contributed by atoms with van der Waals surface area (Å²) in [4.78, 5) is 26.8. The molecule has 1 aromatic heterocycles. The Bertz CT molecular complexity index is 681. The Hall–Kier alpha value is -1.88. The first-order chi connectivity index (χ1) is 11.0. The minimum atomic E-state index is -0.419. The van der Waals surface area contributed by atoms with Gasteiger partial charge < -0.3 is 9.64 Å². The predicted molar refractivity (Wildman–Crippen MR) is 91.6 cm³/mol. The van der Waals surface area contributed by atoms with Crippen molar-refractivity contribution in [3.63, 3.8) is 0 Å². The molecule has 0 bridgehead atoms. The van der Waals surface area contributed by atoms with E-state index in [2.05, 4.69) is 13.8 Å². The Balaban J connectivity index is 1.59. The van der Waals surface area contributed by atoms with Crippen molar-refractivity contribution in [2.75, 3.05) is 19.7 Å². The van der Waals surface area contributed by atoms with E-state index in [-0.39, 0.29) is 12.5 Å². The molecule has 4 nitrogen and oxygen atoms in total. The van der Waals surface area contributed by atoms with E-state index >= 15 is 0 Å². The van der Waals surface area contributed by atoms with Crippen molar-refractivity contribution < 1.29 is 14.3 Å². The quantitative estimate of drug-likeness (QED) is 0.808. The molecule has 2 heterocycles. The second-order valence-electron chi connectivity index (χ2n) is 6.47. The number of esters is 1. The van der Waals surface area contributed by atoms with Crippen LogP contribution in [0.15, 0.2) is 30.3 Å². The number of piperidine rings is 1. The SMILES string of the molecule is C[C@@H]1C[C@@H](C)CN(C(=O)COC(=O)c2cc3ccccc3s2)C1. The summed E-state index contributed by atoms with van der Waals surface area (Å²) in [7, 11) is 0. The molecular weight excluding hydrogens is 310 g/mol. The molecule has 5 heteroatoms. The van der Waals surface area contributed by atoms with Crippen molar-refractivity contribution >= 4 is 33.3 Å². The molecule has 0 unspecified atom stereocenters. The zero-order valence-corrected chi connectivity index (χ0v) is 14.3. The second kappa shape index (κ2) is 6.71. The first kappa shape index (κ1) is 16.0. The summed E-state index contributed by atoms with van der Waals surface area (Å²) >= 11 is 1.39. The number of amides is 1. The molecule has 1 aliphatic heterocycles. The van der Waals surface area contributed by atoms with E-state index in [1.165, 1.54) is 11.3 Å². The van der Waals surface area contributed by atoms with Crippen molar-refractivity contribution in [1.29, 1.82) is 0 Å². The number of hydrogen-bond acceptors (Lipinski definition) is 4. The maximum absolute atomic E-state index is 12.2. The number of ether oxygens (including phenoxy) is 1. The minimum Gasteiger partial charge on any atom is -0.451 e. The van der Waals surface area contributed by atoms with E-state index in [0.717, 1.165) is 29.6 Å². The molecule has 0 saturated carbocycles. The number of fused-ring (bicyclic) bond motifs is 1. The Morgan fingerprint density at radius 2 is 1.91 bits per heavy atom. The Kier molecular flexibility index (Phi) is 4.66. The number of hydrogen-bond donors (Lipinski definition) is 0. The van der Waals surface area contributed by atoms with Crippen molar-refractivity contribution in [2.45, 2.75) is 20.3 Å². The van der Waals surface area contributed by atoms with Gasteiger partial charge in [-0.15, -0.1) is 11.3 Å². The molecule has 1 aliphatic rings. The van der Waals surface area contributed by atoms with Crippen molar-refractivity contribution in [1.82, 2.24) is 4.90 Å². The fraction of sp³-hybridized carbons (Fsp3) is 0.444. The van der Waals surface area contributed by atoms with Gasteiger partial charge in [0, 0.05) is 17.8 Å². The van der Waals surface area contributed by atoms with Crippen LogP contribution in [0.25, 0.3) is 10.1 Å². The van der Waals surface area contributed by atoms with Crippen molar-refractivity contribution in [3.05, 3.63) is 35.2 Å². The highest BCUT2D eigenvalue weighted by molar-refractivity contribution is 7.20. The first-order valence-electron chi connectivity index (χ1n) is 7.96. The molecule has 1 aromatic carbocycles. The molecule has 3 rings (SSSR count). The number of benzene rings is 1. The van der Waals surface area contributed by atoms with Crippen LogP contribution < -0.4 is 0 Å². The third-order valence-corrected chi connectivity index (χ3v) is 5.27. The summed E-state index contributed by atoms with van der Waals surface area (Å²) in [5, 5.41) is 1.02. The Labute approximate surface area is 140 Å². The van der Waals surface area contributed by atoms with E-state index in [9.17, 15) is 9.59 Å². The lowest BCUT2D eigenvalue weighted by Gasteiger charge is -2.34. The van der Waals surface area contributed by atoms with Crippen molar-refractivity contribution in [2.24, 2.45) is 11.8 Å². The minimum absolute atomic E-state index is 0.0992. The summed E-state index contributed by atoms with van der Waals surface area (Å²) in [6.07, 6.45) is 1.14. The van der Waals surface area contributed by atoms with Gasteiger partial charge in [0.05, 0.1) is 0 Å². The highest BCUT2D eigenvalue weighted by Crippen LogP contribution is 2.26. The molecule has 23 heavy (non-hydrogen) atoms. The molecular formula is C18H21NO3S. The van der Waals surface area contributed by atoms with Crippen molar-refractivity contribution in [3.8, 4) is 0 Å². The molecule has 1 saturated heterocycles.